The fourth-order valence-corrected chi connectivity index (χ4v) is 2.07. The summed E-state index contributed by atoms with van der Waals surface area (Å²) in [6.07, 6.45) is 3.40. The van der Waals surface area contributed by atoms with Gasteiger partial charge >= 0.3 is 0 Å². The van der Waals surface area contributed by atoms with E-state index >= 15 is 0 Å². The molecule has 3 heteroatoms. The predicted octanol–water partition coefficient (Wildman–Crippen LogP) is 3.17. The number of carbonyl (C=O) groups excluding carboxylic acids is 1. The summed E-state index contributed by atoms with van der Waals surface area (Å²) in [6.45, 7) is 1.88. The van der Waals surface area contributed by atoms with E-state index in [4.69, 9.17) is 0 Å². The van der Waals surface area contributed by atoms with E-state index < -0.39 is 0 Å². The number of rotatable bonds is 2. The van der Waals surface area contributed by atoms with Crippen LogP contribution in [0.1, 0.15) is 21.6 Å². The highest BCUT2D eigenvalue weighted by molar-refractivity contribution is 6.10. The lowest BCUT2D eigenvalue weighted by molar-refractivity contribution is 0.103. The molecule has 92 valence electrons. The number of aryl methyl sites for hydroxylation is 1. The van der Waals surface area contributed by atoms with E-state index in [0.29, 0.717) is 11.1 Å². The summed E-state index contributed by atoms with van der Waals surface area (Å²) in [5.74, 6) is 0.0104. The summed E-state index contributed by atoms with van der Waals surface area (Å²) >= 11 is 0. The monoisotopic (exact) mass is 248 g/mol. The Balaban J connectivity index is 2.06. The maximum absolute atomic E-state index is 12.4. The van der Waals surface area contributed by atoms with Crippen LogP contribution in [0.5, 0.6) is 0 Å². The average Bonchev–Trinajstić information content (AvgIpc) is 2.46. The lowest BCUT2D eigenvalue weighted by atomic mass is 10.0. The van der Waals surface area contributed by atoms with Gasteiger partial charge in [-0.3, -0.25) is 14.8 Å². The van der Waals surface area contributed by atoms with Crippen LogP contribution in [0.25, 0.3) is 10.9 Å². The lowest BCUT2D eigenvalue weighted by Crippen LogP contribution is -2.02. The molecule has 3 aromatic rings. The first-order valence-electron chi connectivity index (χ1n) is 6.06. The summed E-state index contributed by atoms with van der Waals surface area (Å²) in [5.41, 5.74) is 3.07. The van der Waals surface area contributed by atoms with Gasteiger partial charge in [0.2, 0.25) is 0 Å². The van der Waals surface area contributed by atoms with Gasteiger partial charge in [-0.2, -0.15) is 0 Å². The molecule has 0 atom stereocenters. The molecule has 3 nitrogen and oxygen atoms in total. The first-order valence-corrected chi connectivity index (χ1v) is 6.06. The van der Waals surface area contributed by atoms with Gasteiger partial charge in [-0.1, -0.05) is 6.07 Å². The van der Waals surface area contributed by atoms with Crippen LogP contribution in [0.4, 0.5) is 0 Å². The molecule has 0 spiro atoms. The van der Waals surface area contributed by atoms with Crippen LogP contribution in [0.15, 0.2) is 54.9 Å². The molecule has 3 rings (SSSR count). The van der Waals surface area contributed by atoms with E-state index in [0.717, 1.165) is 16.6 Å². The van der Waals surface area contributed by atoms with E-state index in [1.165, 1.54) is 0 Å². The topological polar surface area (TPSA) is 42.9 Å². The van der Waals surface area contributed by atoms with Gasteiger partial charge in [-0.25, -0.2) is 0 Å². The molecule has 2 heterocycles. The highest BCUT2D eigenvalue weighted by Gasteiger charge is 2.10. The molecule has 0 bridgehead atoms. The molecule has 0 aliphatic heterocycles. The maximum Gasteiger partial charge on any atom is 0.193 e. The minimum Gasteiger partial charge on any atom is -0.289 e. The minimum atomic E-state index is 0.0104. The van der Waals surface area contributed by atoms with Crippen LogP contribution in [0, 0.1) is 6.92 Å². The lowest BCUT2D eigenvalue weighted by Gasteiger charge is -2.03. The number of ketones is 1. The van der Waals surface area contributed by atoms with Crippen molar-refractivity contribution in [3.05, 3.63) is 71.7 Å². The Morgan fingerprint density at radius 2 is 1.79 bits per heavy atom. The molecule has 0 unspecified atom stereocenters. The van der Waals surface area contributed by atoms with Gasteiger partial charge in [0, 0.05) is 34.6 Å². The van der Waals surface area contributed by atoms with Crippen molar-refractivity contribution in [3.63, 3.8) is 0 Å². The molecule has 0 aliphatic rings. The first kappa shape index (κ1) is 11.5. The molecule has 0 saturated heterocycles. The molecular formula is C16H12N2O. The molecule has 19 heavy (non-hydrogen) atoms. The Hall–Kier alpha value is -2.55. The summed E-state index contributed by atoms with van der Waals surface area (Å²) in [5, 5.41) is 0.971. The fraction of sp³-hybridized carbons (Fsp3) is 0.0625. The zero-order valence-electron chi connectivity index (χ0n) is 10.5. The summed E-state index contributed by atoms with van der Waals surface area (Å²) in [4.78, 5) is 20.7. The van der Waals surface area contributed by atoms with Crippen molar-refractivity contribution < 1.29 is 4.79 Å². The zero-order valence-corrected chi connectivity index (χ0v) is 10.5. The van der Waals surface area contributed by atoms with Gasteiger partial charge in [-0.15, -0.1) is 0 Å². The van der Waals surface area contributed by atoms with Crippen molar-refractivity contribution in [2.24, 2.45) is 0 Å². The van der Waals surface area contributed by atoms with Gasteiger partial charge < -0.3 is 0 Å². The van der Waals surface area contributed by atoms with Gasteiger partial charge in [0.25, 0.3) is 0 Å². The molecule has 2 aromatic heterocycles. The van der Waals surface area contributed by atoms with E-state index in [1.54, 1.807) is 24.5 Å². The van der Waals surface area contributed by atoms with Crippen molar-refractivity contribution in [2.45, 2.75) is 6.92 Å². The second kappa shape index (κ2) is 4.61. The van der Waals surface area contributed by atoms with Crippen molar-refractivity contribution in [1.82, 2.24) is 9.97 Å². The Bertz CT molecular complexity index is 765. The van der Waals surface area contributed by atoms with Crippen LogP contribution >= 0.6 is 0 Å². The van der Waals surface area contributed by atoms with Crippen molar-refractivity contribution in [3.8, 4) is 0 Å². The molecular weight excluding hydrogens is 236 g/mol. The van der Waals surface area contributed by atoms with E-state index in [-0.39, 0.29) is 5.78 Å². The second-order valence-corrected chi connectivity index (χ2v) is 4.43. The SMILES string of the molecule is Cc1cc(C(=O)c2ccc3ncccc3c2)ccn1. The van der Waals surface area contributed by atoms with Gasteiger partial charge in [0.05, 0.1) is 5.52 Å². The van der Waals surface area contributed by atoms with Crippen LogP contribution in [-0.4, -0.2) is 15.8 Å². The molecule has 0 N–H and O–H groups in total. The number of nitrogens with zero attached hydrogens (tertiary/aromatic N) is 2. The van der Waals surface area contributed by atoms with Crippen LogP contribution < -0.4 is 0 Å². The molecule has 0 amide bonds. The highest BCUT2D eigenvalue weighted by atomic mass is 16.1. The predicted molar refractivity (Wildman–Crippen MR) is 74.1 cm³/mol. The smallest absolute Gasteiger partial charge is 0.193 e. The number of hydrogen-bond acceptors (Lipinski definition) is 3. The number of aromatic nitrogens is 2. The van der Waals surface area contributed by atoms with Crippen molar-refractivity contribution >= 4 is 16.7 Å². The number of carbonyl (C=O) groups is 1. The normalized spacial score (nSPS) is 10.6. The summed E-state index contributed by atoms with van der Waals surface area (Å²) < 4.78 is 0. The average molecular weight is 248 g/mol. The van der Waals surface area contributed by atoms with Crippen LogP contribution in [0.3, 0.4) is 0 Å². The highest BCUT2D eigenvalue weighted by Crippen LogP contribution is 2.16. The minimum absolute atomic E-state index is 0.0104. The van der Waals surface area contributed by atoms with E-state index in [2.05, 4.69) is 9.97 Å². The van der Waals surface area contributed by atoms with Crippen molar-refractivity contribution in [2.75, 3.05) is 0 Å². The number of hydrogen-bond donors (Lipinski definition) is 0. The quantitative estimate of drug-likeness (QED) is 0.654. The molecule has 1 aromatic carbocycles. The van der Waals surface area contributed by atoms with Gasteiger partial charge in [-0.05, 0) is 43.3 Å². The summed E-state index contributed by atoms with van der Waals surface area (Å²) in [6, 6.07) is 12.9. The Labute approximate surface area is 111 Å². The Morgan fingerprint density at radius 3 is 2.63 bits per heavy atom. The standard InChI is InChI=1S/C16H12N2O/c1-11-9-14(6-8-17-11)16(19)13-4-5-15-12(10-13)3-2-7-18-15/h2-10H,1H3. The maximum atomic E-state index is 12.4. The van der Waals surface area contributed by atoms with Crippen molar-refractivity contribution in [1.29, 1.82) is 0 Å². The third-order valence-electron chi connectivity index (χ3n) is 3.02. The zero-order chi connectivity index (χ0) is 13.2. The Kier molecular flexibility index (Phi) is 2.80. The molecule has 0 fully saturated rings. The number of benzene rings is 1. The second-order valence-electron chi connectivity index (χ2n) is 4.43. The molecule has 0 aliphatic carbocycles. The summed E-state index contributed by atoms with van der Waals surface area (Å²) in [7, 11) is 0. The number of pyridine rings is 2. The third-order valence-corrected chi connectivity index (χ3v) is 3.02. The largest absolute Gasteiger partial charge is 0.289 e. The van der Waals surface area contributed by atoms with E-state index in [1.807, 2.05) is 37.3 Å². The fourth-order valence-electron chi connectivity index (χ4n) is 2.07. The molecule has 0 radical (unpaired) electrons. The van der Waals surface area contributed by atoms with Gasteiger partial charge in [0.15, 0.2) is 5.78 Å². The Morgan fingerprint density at radius 1 is 0.947 bits per heavy atom. The van der Waals surface area contributed by atoms with E-state index in [9.17, 15) is 4.79 Å². The molecule has 0 saturated carbocycles. The van der Waals surface area contributed by atoms with Crippen LogP contribution in [0.2, 0.25) is 0 Å². The number of fused-ring (bicyclic) bond motifs is 1. The van der Waals surface area contributed by atoms with Gasteiger partial charge in [0.1, 0.15) is 0 Å². The first-order chi connectivity index (χ1) is 9.24. The van der Waals surface area contributed by atoms with Crippen LogP contribution in [-0.2, 0) is 0 Å². The third kappa shape index (κ3) is 2.22.